The van der Waals surface area contributed by atoms with Crippen LogP contribution in [-0.2, 0) is 0 Å². The van der Waals surface area contributed by atoms with Gasteiger partial charge >= 0.3 is 0 Å². The molecule has 0 unspecified atom stereocenters. The molecule has 18 heavy (non-hydrogen) atoms. The van der Waals surface area contributed by atoms with Gasteiger partial charge in [0.2, 0.25) is 0 Å². The molecule has 0 bridgehead atoms. The van der Waals surface area contributed by atoms with Crippen molar-refractivity contribution in [2.45, 2.75) is 58.3 Å². The van der Waals surface area contributed by atoms with Crippen LogP contribution in [0.5, 0.6) is 5.75 Å². The van der Waals surface area contributed by atoms with E-state index in [1.165, 1.54) is 44.9 Å². The monoisotopic (exact) mass is 245 g/mol. The maximum absolute atomic E-state index is 5.82. The zero-order valence-corrected chi connectivity index (χ0v) is 11.5. The minimum Gasteiger partial charge on any atom is -0.483 e. The van der Waals surface area contributed by atoms with Crippen LogP contribution in [0.1, 0.15) is 58.3 Å². The van der Waals surface area contributed by atoms with Crippen LogP contribution in [0, 0.1) is 12.0 Å². The van der Waals surface area contributed by atoms with E-state index in [0.717, 1.165) is 24.2 Å². The van der Waals surface area contributed by atoms with Gasteiger partial charge in [-0.1, -0.05) is 56.7 Å². The lowest BCUT2D eigenvalue weighted by atomic mass is 9.85. The second kappa shape index (κ2) is 7.45. The van der Waals surface area contributed by atoms with Crippen molar-refractivity contribution in [3.63, 3.8) is 0 Å². The topological polar surface area (TPSA) is 9.23 Å². The Morgan fingerprint density at radius 3 is 2.56 bits per heavy atom. The fraction of sp³-hybridized carbons (Fsp3) is 0.588. The summed E-state index contributed by atoms with van der Waals surface area (Å²) >= 11 is 0. The maximum atomic E-state index is 5.82. The van der Waals surface area contributed by atoms with Crippen molar-refractivity contribution in [1.29, 1.82) is 0 Å². The summed E-state index contributed by atoms with van der Waals surface area (Å²) in [5.41, 5.74) is 0. The largest absolute Gasteiger partial charge is 0.483 e. The second-order valence-electron chi connectivity index (χ2n) is 5.51. The summed E-state index contributed by atoms with van der Waals surface area (Å²) in [6.07, 6.45) is 12.2. The number of rotatable bonds is 6. The highest BCUT2D eigenvalue weighted by Gasteiger charge is 2.14. The average Bonchev–Trinajstić information content (AvgIpc) is 2.41. The molecule has 0 heterocycles. The Morgan fingerprint density at radius 2 is 1.83 bits per heavy atom. The third-order valence-electron chi connectivity index (χ3n) is 3.90. The van der Waals surface area contributed by atoms with Crippen molar-refractivity contribution < 1.29 is 4.74 Å². The molecule has 1 aromatic carbocycles. The number of benzene rings is 1. The molecule has 2 rings (SSSR count). The van der Waals surface area contributed by atoms with Gasteiger partial charge < -0.3 is 4.74 Å². The van der Waals surface area contributed by atoms with E-state index in [1.54, 1.807) is 0 Å². The Kier molecular flexibility index (Phi) is 5.57. The molecule has 0 N–H and O–H groups in total. The first-order valence-corrected chi connectivity index (χ1v) is 7.40. The summed E-state index contributed by atoms with van der Waals surface area (Å²) in [6, 6.07) is 10.1. The van der Waals surface area contributed by atoms with Crippen LogP contribution in [0.25, 0.3) is 0 Å². The Morgan fingerprint density at radius 1 is 1.11 bits per heavy atom. The number of hydrogen-bond acceptors (Lipinski definition) is 1. The first kappa shape index (κ1) is 13.5. The summed E-state index contributed by atoms with van der Waals surface area (Å²) in [4.78, 5) is 0. The van der Waals surface area contributed by atoms with Crippen molar-refractivity contribution in [2.24, 2.45) is 5.92 Å². The smallest absolute Gasteiger partial charge is 0.145 e. The van der Waals surface area contributed by atoms with Gasteiger partial charge in [-0.05, 0) is 37.8 Å². The summed E-state index contributed by atoms with van der Waals surface area (Å²) in [5.74, 6) is 1.95. The standard InChI is InChI=1S/C17H25O/c1-15(18-17-13-6-3-7-14-17)9-8-12-16-10-4-2-5-11-16/h3,6-7,13-14,16H,2,4-5,8-12H2,1H3. The van der Waals surface area contributed by atoms with E-state index in [2.05, 4.69) is 6.92 Å². The molecule has 1 aromatic rings. The summed E-state index contributed by atoms with van der Waals surface area (Å²) in [5, 5.41) is 0. The van der Waals surface area contributed by atoms with Gasteiger partial charge in [0.15, 0.2) is 0 Å². The summed E-state index contributed by atoms with van der Waals surface area (Å²) in [6.45, 7) is 2.11. The number of ether oxygens (including phenoxy) is 1. The lowest BCUT2D eigenvalue weighted by Gasteiger charge is -2.22. The fourth-order valence-electron chi connectivity index (χ4n) is 2.86. The van der Waals surface area contributed by atoms with Crippen LogP contribution in [-0.4, -0.2) is 0 Å². The lowest BCUT2D eigenvalue weighted by molar-refractivity contribution is 0.288. The van der Waals surface area contributed by atoms with Gasteiger partial charge in [0.25, 0.3) is 0 Å². The second-order valence-corrected chi connectivity index (χ2v) is 5.51. The molecule has 0 aliphatic heterocycles. The van der Waals surface area contributed by atoms with E-state index in [-0.39, 0.29) is 0 Å². The quantitative estimate of drug-likeness (QED) is 0.655. The lowest BCUT2D eigenvalue weighted by Crippen LogP contribution is -2.08. The highest BCUT2D eigenvalue weighted by molar-refractivity contribution is 5.22. The van der Waals surface area contributed by atoms with Gasteiger partial charge in [-0.15, -0.1) is 0 Å². The fourth-order valence-corrected chi connectivity index (χ4v) is 2.86. The minimum atomic E-state index is 0.965. The van der Waals surface area contributed by atoms with E-state index in [0.29, 0.717) is 0 Å². The zero-order valence-electron chi connectivity index (χ0n) is 11.5. The van der Waals surface area contributed by atoms with Crippen LogP contribution in [0.3, 0.4) is 0 Å². The van der Waals surface area contributed by atoms with Crippen molar-refractivity contribution in [3.05, 3.63) is 36.4 Å². The molecule has 0 saturated heterocycles. The first-order valence-electron chi connectivity index (χ1n) is 7.40. The normalized spacial score (nSPS) is 17.0. The molecule has 0 atom stereocenters. The van der Waals surface area contributed by atoms with E-state index >= 15 is 0 Å². The van der Waals surface area contributed by atoms with E-state index in [4.69, 9.17) is 4.74 Å². The van der Waals surface area contributed by atoms with Crippen LogP contribution < -0.4 is 4.74 Å². The first-order chi connectivity index (χ1) is 8.84. The predicted molar refractivity (Wildman–Crippen MR) is 76.4 cm³/mol. The molecule has 0 spiro atoms. The molecule has 1 aliphatic carbocycles. The SMILES string of the molecule is C[C](CCCC1CCCCC1)Oc1ccccc1. The molecule has 1 nitrogen and oxygen atoms in total. The Balaban J connectivity index is 1.61. The molecular weight excluding hydrogens is 220 g/mol. The third kappa shape index (κ3) is 4.72. The van der Waals surface area contributed by atoms with Gasteiger partial charge in [-0.2, -0.15) is 0 Å². The van der Waals surface area contributed by atoms with E-state index in [1.807, 2.05) is 30.3 Å². The van der Waals surface area contributed by atoms with Crippen LogP contribution >= 0.6 is 0 Å². The maximum Gasteiger partial charge on any atom is 0.145 e. The molecule has 1 saturated carbocycles. The van der Waals surface area contributed by atoms with Gasteiger partial charge in [0, 0.05) is 0 Å². The highest BCUT2D eigenvalue weighted by Crippen LogP contribution is 2.29. The number of hydrogen-bond donors (Lipinski definition) is 0. The summed E-state index contributed by atoms with van der Waals surface area (Å²) in [7, 11) is 0. The minimum absolute atomic E-state index is 0.965. The van der Waals surface area contributed by atoms with Crippen molar-refractivity contribution in [2.75, 3.05) is 0 Å². The van der Waals surface area contributed by atoms with Crippen LogP contribution in [0.15, 0.2) is 30.3 Å². The number of para-hydroxylation sites is 1. The Labute approximate surface area is 112 Å². The van der Waals surface area contributed by atoms with E-state index in [9.17, 15) is 0 Å². The van der Waals surface area contributed by atoms with Crippen molar-refractivity contribution in [1.82, 2.24) is 0 Å². The van der Waals surface area contributed by atoms with Crippen LogP contribution in [0.2, 0.25) is 0 Å². The molecule has 0 amide bonds. The van der Waals surface area contributed by atoms with Gasteiger partial charge in [-0.25, -0.2) is 0 Å². The molecule has 0 aromatic heterocycles. The molecule has 1 radical (unpaired) electrons. The van der Waals surface area contributed by atoms with Crippen molar-refractivity contribution in [3.8, 4) is 5.75 Å². The summed E-state index contributed by atoms with van der Waals surface area (Å²) < 4.78 is 5.82. The van der Waals surface area contributed by atoms with Gasteiger partial charge in [0.05, 0.1) is 0 Å². The molecular formula is C17H25O. The van der Waals surface area contributed by atoms with Gasteiger partial charge in [-0.3, -0.25) is 0 Å². The molecule has 1 fully saturated rings. The molecule has 1 heteroatoms. The van der Waals surface area contributed by atoms with Gasteiger partial charge in [0.1, 0.15) is 11.9 Å². The molecule has 99 valence electrons. The highest BCUT2D eigenvalue weighted by atomic mass is 16.5. The average molecular weight is 245 g/mol. The third-order valence-corrected chi connectivity index (χ3v) is 3.90. The predicted octanol–water partition coefficient (Wildman–Crippen LogP) is 5.37. The molecule has 1 aliphatic rings. The Hall–Kier alpha value is -0.980. The Bertz CT molecular complexity index is 314. The zero-order chi connectivity index (χ0) is 12.6. The van der Waals surface area contributed by atoms with Crippen LogP contribution in [0.4, 0.5) is 0 Å². The van der Waals surface area contributed by atoms with E-state index < -0.39 is 0 Å². The van der Waals surface area contributed by atoms with Crippen molar-refractivity contribution >= 4 is 0 Å².